The van der Waals surface area contributed by atoms with Crippen LogP contribution in [0.4, 0.5) is 5.69 Å². The van der Waals surface area contributed by atoms with E-state index in [-0.39, 0.29) is 0 Å². The van der Waals surface area contributed by atoms with Crippen LogP contribution in [0.1, 0.15) is 11.1 Å². The van der Waals surface area contributed by atoms with Gasteiger partial charge in [-0.15, -0.1) is 0 Å². The first-order valence-electron chi connectivity index (χ1n) is 4.45. The highest BCUT2D eigenvalue weighted by Gasteiger charge is 2.05. The van der Waals surface area contributed by atoms with Gasteiger partial charge in [0.2, 0.25) is 0 Å². The van der Waals surface area contributed by atoms with Crippen molar-refractivity contribution in [3.8, 4) is 10.4 Å². The van der Waals surface area contributed by atoms with Crippen LogP contribution in [0.2, 0.25) is 0 Å². The van der Waals surface area contributed by atoms with Crippen molar-refractivity contribution in [3.63, 3.8) is 0 Å². The molecule has 2 rings (SSSR count). The molecule has 1 aromatic carbocycles. The summed E-state index contributed by atoms with van der Waals surface area (Å²) in [5.41, 5.74) is 10.3. The molecule has 0 amide bonds. The van der Waals surface area contributed by atoms with E-state index in [4.69, 9.17) is 5.73 Å². The molecule has 14 heavy (non-hydrogen) atoms. The van der Waals surface area contributed by atoms with Crippen LogP contribution in [0.25, 0.3) is 10.4 Å². The number of anilines is 1. The molecule has 2 nitrogen and oxygen atoms in total. The third-order valence-corrected chi connectivity index (χ3v) is 2.95. The monoisotopic (exact) mass is 204 g/mol. The first-order chi connectivity index (χ1) is 6.66. The van der Waals surface area contributed by atoms with Gasteiger partial charge in [0.25, 0.3) is 0 Å². The van der Waals surface area contributed by atoms with E-state index >= 15 is 0 Å². The molecule has 0 unspecified atom stereocenters. The van der Waals surface area contributed by atoms with Gasteiger partial charge in [-0.2, -0.15) is 4.37 Å². The maximum absolute atomic E-state index is 5.82. The highest BCUT2D eigenvalue weighted by atomic mass is 32.1. The van der Waals surface area contributed by atoms with Crippen LogP contribution in [0.15, 0.2) is 24.4 Å². The number of hydrogen-bond donors (Lipinski definition) is 1. The first-order valence-corrected chi connectivity index (χ1v) is 5.23. The lowest BCUT2D eigenvalue weighted by atomic mass is 10.1. The smallest absolute Gasteiger partial charge is 0.0779 e. The van der Waals surface area contributed by atoms with Crippen LogP contribution in [-0.2, 0) is 0 Å². The summed E-state index contributed by atoms with van der Waals surface area (Å²) in [7, 11) is 0. The standard InChI is InChI=1S/C11H12N2S/c1-7-3-8(2)5-9(4-7)11-10(12)6-13-14-11/h3-6H,12H2,1-2H3. The van der Waals surface area contributed by atoms with Crippen LogP contribution in [-0.4, -0.2) is 4.37 Å². The van der Waals surface area contributed by atoms with Crippen LogP contribution >= 0.6 is 11.5 Å². The van der Waals surface area contributed by atoms with Gasteiger partial charge in [-0.05, 0) is 30.9 Å². The number of rotatable bonds is 1. The number of aryl methyl sites for hydroxylation is 2. The largest absolute Gasteiger partial charge is 0.396 e. The van der Waals surface area contributed by atoms with Gasteiger partial charge in [-0.1, -0.05) is 29.3 Å². The molecule has 1 aromatic heterocycles. The number of hydrogen-bond acceptors (Lipinski definition) is 3. The molecule has 1 heterocycles. The Kier molecular flexibility index (Phi) is 2.25. The van der Waals surface area contributed by atoms with E-state index in [1.165, 1.54) is 28.2 Å². The second-order valence-electron chi connectivity index (χ2n) is 3.49. The van der Waals surface area contributed by atoms with E-state index < -0.39 is 0 Å². The van der Waals surface area contributed by atoms with Crippen molar-refractivity contribution in [3.05, 3.63) is 35.5 Å². The highest BCUT2D eigenvalue weighted by Crippen LogP contribution is 2.30. The summed E-state index contributed by atoms with van der Waals surface area (Å²) in [5.74, 6) is 0. The summed E-state index contributed by atoms with van der Waals surface area (Å²) >= 11 is 1.45. The molecule has 0 bridgehead atoms. The van der Waals surface area contributed by atoms with Crippen molar-refractivity contribution in [2.75, 3.05) is 5.73 Å². The zero-order valence-electron chi connectivity index (χ0n) is 8.24. The van der Waals surface area contributed by atoms with Crippen molar-refractivity contribution < 1.29 is 0 Å². The molecule has 0 spiro atoms. The summed E-state index contributed by atoms with van der Waals surface area (Å²) in [4.78, 5) is 1.07. The lowest BCUT2D eigenvalue weighted by Crippen LogP contribution is -1.85. The second kappa shape index (κ2) is 3.42. The van der Waals surface area contributed by atoms with E-state index in [1.807, 2.05) is 0 Å². The minimum atomic E-state index is 0.764. The van der Waals surface area contributed by atoms with Gasteiger partial charge in [-0.3, -0.25) is 0 Å². The molecule has 0 aliphatic heterocycles. The molecule has 2 N–H and O–H groups in total. The predicted molar refractivity (Wildman–Crippen MR) is 61.4 cm³/mol. The van der Waals surface area contributed by atoms with E-state index in [9.17, 15) is 0 Å². The maximum atomic E-state index is 5.82. The van der Waals surface area contributed by atoms with Crippen molar-refractivity contribution in [1.82, 2.24) is 4.37 Å². The average Bonchev–Trinajstić information content (AvgIpc) is 2.49. The third kappa shape index (κ3) is 1.63. The van der Waals surface area contributed by atoms with Crippen LogP contribution in [0.5, 0.6) is 0 Å². The van der Waals surface area contributed by atoms with E-state index in [1.54, 1.807) is 6.20 Å². The van der Waals surface area contributed by atoms with Crippen LogP contribution in [0.3, 0.4) is 0 Å². The topological polar surface area (TPSA) is 38.9 Å². The summed E-state index contributed by atoms with van der Waals surface area (Å²) in [5, 5.41) is 0. The Morgan fingerprint density at radius 1 is 1.14 bits per heavy atom. The van der Waals surface area contributed by atoms with Crippen LogP contribution < -0.4 is 5.73 Å². The molecule has 0 saturated heterocycles. The fourth-order valence-corrected chi connectivity index (χ4v) is 2.23. The average molecular weight is 204 g/mol. The van der Waals surface area contributed by atoms with E-state index in [0.717, 1.165) is 10.6 Å². The molecular weight excluding hydrogens is 192 g/mol. The van der Waals surface area contributed by atoms with Gasteiger partial charge >= 0.3 is 0 Å². The summed E-state index contributed by atoms with van der Waals surface area (Å²) in [6.45, 7) is 4.18. The minimum Gasteiger partial charge on any atom is -0.396 e. The summed E-state index contributed by atoms with van der Waals surface area (Å²) in [6, 6.07) is 6.43. The Labute approximate surface area is 87.6 Å². The normalized spacial score (nSPS) is 10.4. The number of nitrogens with two attached hydrogens (primary N) is 1. The summed E-state index contributed by atoms with van der Waals surface area (Å²) in [6.07, 6.45) is 1.71. The lowest BCUT2D eigenvalue weighted by molar-refractivity contribution is 1.39. The van der Waals surface area contributed by atoms with E-state index in [2.05, 4.69) is 36.4 Å². The highest BCUT2D eigenvalue weighted by molar-refractivity contribution is 7.10. The van der Waals surface area contributed by atoms with Gasteiger partial charge in [0.1, 0.15) is 0 Å². The van der Waals surface area contributed by atoms with Gasteiger partial charge < -0.3 is 5.73 Å². The van der Waals surface area contributed by atoms with Crippen molar-refractivity contribution >= 4 is 17.2 Å². The maximum Gasteiger partial charge on any atom is 0.0779 e. The SMILES string of the molecule is Cc1cc(C)cc(-c2sncc2N)c1. The fourth-order valence-electron chi connectivity index (χ4n) is 1.57. The van der Waals surface area contributed by atoms with E-state index in [0.29, 0.717) is 0 Å². The third-order valence-electron chi connectivity index (χ3n) is 2.08. The minimum absolute atomic E-state index is 0.764. The van der Waals surface area contributed by atoms with Gasteiger partial charge in [0.05, 0.1) is 16.8 Å². The Balaban J connectivity index is 2.57. The Hall–Kier alpha value is -1.35. The second-order valence-corrected chi connectivity index (χ2v) is 4.29. The molecule has 0 aliphatic carbocycles. The molecule has 0 radical (unpaired) electrons. The first kappa shape index (κ1) is 9.21. The summed E-state index contributed by atoms with van der Waals surface area (Å²) < 4.78 is 4.07. The molecular formula is C11H12N2S. The van der Waals surface area contributed by atoms with Gasteiger partial charge in [0, 0.05) is 0 Å². The zero-order chi connectivity index (χ0) is 10.1. The number of nitrogens with zero attached hydrogens (tertiary/aromatic N) is 1. The van der Waals surface area contributed by atoms with Crippen molar-refractivity contribution in [2.24, 2.45) is 0 Å². The fraction of sp³-hybridized carbons (Fsp3) is 0.182. The molecule has 0 fully saturated rings. The lowest BCUT2D eigenvalue weighted by Gasteiger charge is -2.02. The van der Waals surface area contributed by atoms with Crippen LogP contribution in [0, 0.1) is 13.8 Å². The number of benzene rings is 1. The Bertz CT molecular complexity index is 440. The quantitative estimate of drug-likeness (QED) is 0.775. The zero-order valence-corrected chi connectivity index (χ0v) is 9.06. The predicted octanol–water partition coefficient (Wildman–Crippen LogP) is 3.01. The number of aromatic nitrogens is 1. The van der Waals surface area contributed by atoms with Gasteiger partial charge in [-0.25, -0.2) is 0 Å². The van der Waals surface area contributed by atoms with Gasteiger partial charge in [0.15, 0.2) is 0 Å². The molecule has 0 aliphatic rings. The molecule has 0 atom stereocenters. The Morgan fingerprint density at radius 2 is 1.79 bits per heavy atom. The number of nitrogen functional groups attached to an aromatic ring is 1. The molecule has 72 valence electrons. The molecule has 0 saturated carbocycles. The van der Waals surface area contributed by atoms with Crippen molar-refractivity contribution in [2.45, 2.75) is 13.8 Å². The van der Waals surface area contributed by atoms with Crippen molar-refractivity contribution in [1.29, 1.82) is 0 Å². The molecule has 3 heteroatoms. The molecule has 2 aromatic rings. The Morgan fingerprint density at radius 3 is 2.29 bits per heavy atom.